The lowest BCUT2D eigenvalue weighted by atomic mass is 10.0. The number of hydrogen-bond acceptors (Lipinski definition) is 2. The Bertz CT molecular complexity index is 494. The molecule has 2 rings (SSSR count). The lowest BCUT2D eigenvalue weighted by molar-refractivity contribution is 0.754. The van der Waals surface area contributed by atoms with Crippen molar-refractivity contribution in [2.45, 2.75) is 67.2 Å². The predicted molar refractivity (Wildman–Crippen MR) is 96.8 cm³/mol. The molecular formula is C19H33N3. The zero-order chi connectivity index (χ0) is 16.9. The Morgan fingerprint density at radius 1 is 0.864 bits per heavy atom. The molecule has 0 amide bonds. The number of allylic oxidation sites excluding steroid dienone is 1. The van der Waals surface area contributed by atoms with Gasteiger partial charge >= 0.3 is 0 Å². The molecule has 0 bridgehead atoms. The molecule has 22 heavy (non-hydrogen) atoms. The summed E-state index contributed by atoms with van der Waals surface area (Å²) in [6, 6.07) is 2.15. The van der Waals surface area contributed by atoms with Crippen molar-refractivity contribution in [3.63, 3.8) is 0 Å². The second kappa shape index (κ2) is 8.30. The first-order chi connectivity index (χ1) is 10.2. The van der Waals surface area contributed by atoms with Gasteiger partial charge in [0.05, 0.1) is 12.2 Å². The van der Waals surface area contributed by atoms with E-state index >= 15 is 0 Å². The molecule has 124 valence electrons. The Morgan fingerprint density at radius 2 is 1.50 bits per heavy atom. The van der Waals surface area contributed by atoms with Crippen LogP contribution in [0.4, 0.5) is 0 Å². The van der Waals surface area contributed by atoms with Crippen molar-refractivity contribution in [1.82, 2.24) is 10.2 Å². The summed E-state index contributed by atoms with van der Waals surface area (Å²) in [6.07, 6.45) is 2.26. The van der Waals surface area contributed by atoms with Gasteiger partial charge in [-0.3, -0.25) is 10.1 Å². The number of H-pyrrole nitrogens is 1. The first-order valence-corrected chi connectivity index (χ1v) is 8.52. The number of hydrogen-bond donors (Lipinski definition) is 1. The molecule has 1 aromatic heterocycles. The van der Waals surface area contributed by atoms with E-state index in [4.69, 9.17) is 0 Å². The van der Waals surface area contributed by atoms with E-state index in [1.807, 2.05) is 0 Å². The first-order valence-electron chi connectivity index (χ1n) is 8.52. The number of nitrogens with zero attached hydrogens (tertiary/aromatic N) is 2. The number of aliphatic imine (C=N–C) groups is 1. The highest BCUT2D eigenvalue weighted by Gasteiger charge is 2.12. The fourth-order valence-electron chi connectivity index (χ4n) is 2.11. The lowest BCUT2D eigenvalue weighted by Crippen LogP contribution is -2.00. The Balaban J connectivity index is 0.000000220. The minimum absolute atomic E-state index is 0.527. The van der Waals surface area contributed by atoms with E-state index in [-0.39, 0.29) is 0 Å². The van der Waals surface area contributed by atoms with Gasteiger partial charge in [-0.15, -0.1) is 0 Å². The maximum Gasteiger partial charge on any atom is 0.0650 e. The third kappa shape index (κ3) is 5.43. The molecule has 0 saturated heterocycles. The fourth-order valence-corrected chi connectivity index (χ4v) is 2.11. The number of rotatable bonds is 4. The molecule has 1 N–H and O–H groups in total. The molecule has 0 aromatic carbocycles. The van der Waals surface area contributed by atoms with Crippen molar-refractivity contribution in [2.75, 3.05) is 6.54 Å². The van der Waals surface area contributed by atoms with Crippen molar-refractivity contribution in [3.05, 3.63) is 29.1 Å². The maximum absolute atomic E-state index is 4.46. The third-order valence-corrected chi connectivity index (χ3v) is 3.94. The Kier molecular flexibility index (Phi) is 7.05. The normalized spacial score (nSPS) is 14.5. The van der Waals surface area contributed by atoms with Crippen molar-refractivity contribution in [3.8, 4) is 0 Å². The van der Waals surface area contributed by atoms with E-state index in [1.54, 1.807) is 0 Å². The zero-order valence-corrected chi connectivity index (χ0v) is 15.6. The van der Waals surface area contributed by atoms with Crippen LogP contribution in [-0.2, 0) is 0 Å². The number of nitrogens with one attached hydrogen (secondary N) is 1. The monoisotopic (exact) mass is 303 g/mol. The van der Waals surface area contributed by atoms with Crippen LogP contribution in [0.1, 0.15) is 78.6 Å². The summed E-state index contributed by atoms with van der Waals surface area (Å²) >= 11 is 0. The number of aromatic nitrogens is 2. The van der Waals surface area contributed by atoms with Crippen LogP contribution in [0.3, 0.4) is 0 Å². The third-order valence-electron chi connectivity index (χ3n) is 3.94. The zero-order valence-electron chi connectivity index (χ0n) is 15.6. The second-order valence-electron chi connectivity index (χ2n) is 7.33. The molecule has 0 atom stereocenters. The van der Waals surface area contributed by atoms with Gasteiger partial charge in [-0.2, -0.15) is 5.10 Å². The lowest BCUT2D eigenvalue weighted by Gasteiger charge is -2.02. The number of aromatic amines is 1. The summed E-state index contributed by atoms with van der Waals surface area (Å²) in [5.41, 5.74) is 5.14. The van der Waals surface area contributed by atoms with Gasteiger partial charge in [0.1, 0.15) is 0 Å². The van der Waals surface area contributed by atoms with Crippen molar-refractivity contribution >= 4 is 5.71 Å². The van der Waals surface area contributed by atoms with Crippen LogP contribution in [0, 0.1) is 11.8 Å². The van der Waals surface area contributed by atoms with Gasteiger partial charge in [-0.05, 0) is 41.4 Å². The molecule has 1 aliphatic heterocycles. The van der Waals surface area contributed by atoms with Crippen LogP contribution in [0.2, 0.25) is 0 Å². The van der Waals surface area contributed by atoms with Crippen molar-refractivity contribution < 1.29 is 0 Å². The molecule has 0 radical (unpaired) electrons. The van der Waals surface area contributed by atoms with Crippen LogP contribution >= 0.6 is 0 Å². The molecule has 2 heterocycles. The SMILES string of the molecule is CC(C)C1=CC(C(C)C)=NC1.CC(C)c1cc(C(C)C)[nH]n1. The minimum atomic E-state index is 0.527. The smallest absolute Gasteiger partial charge is 0.0650 e. The van der Waals surface area contributed by atoms with Gasteiger partial charge in [-0.1, -0.05) is 55.4 Å². The molecule has 1 aliphatic rings. The Morgan fingerprint density at radius 3 is 1.77 bits per heavy atom. The van der Waals surface area contributed by atoms with Gasteiger partial charge in [0.2, 0.25) is 0 Å². The molecule has 0 aliphatic carbocycles. The maximum atomic E-state index is 4.46. The van der Waals surface area contributed by atoms with Crippen LogP contribution in [0.15, 0.2) is 22.7 Å². The molecule has 0 saturated carbocycles. The topological polar surface area (TPSA) is 41.0 Å². The Labute approximate surface area is 136 Å². The van der Waals surface area contributed by atoms with Crippen molar-refractivity contribution in [1.29, 1.82) is 0 Å². The van der Waals surface area contributed by atoms with E-state index in [2.05, 4.69) is 82.7 Å². The first kappa shape index (κ1) is 18.7. The van der Waals surface area contributed by atoms with E-state index < -0.39 is 0 Å². The van der Waals surface area contributed by atoms with Crippen molar-refractivity contribution in [2.24, 2.45) is 16.8 Å². The van der Waals surface area contributed by atoms with E-state index in [9.17, 15) is 0 Å². The van der Waals surface area contributed by atoms with E-state index in [1.165, 1.54) is 17.0 Å². The molecule has 3 nitrogen and oxygen atoms in total. The minimum Gasteiger partial charge on any atom is -0.285 e. The molecular weight excluding hydrogens is 270 g/mol. The molecule has 0 spiro atoms. The molecule has 0 fully saturated rings. The summed E-state index contributed by atoms with van der Waals surface area (Å²) < 4.78 is 0. The fraction of sp³-hybridized carbons (Fsp3) is 0.684. The highest BCUT2D eigenvalue weighted by Crippen LogP contribution is 2.18. The average Bonchev–Trinajstić information content (AvgIpc) is 3.09. The molecule has 3 heteroatoms. The Hall–Kier alpha value is -1.38. The summed E-state index contributed by atoms with van der Waals surface area (Å²) in [4.78, 5) is 4.46. The van der Waals surface area contributed by atoms with Gasteiger partial charge in [-0.25, -0.2) is 0 Å². The second-order valence-corrected chi connectivity index (χ2v) is 7.33. The average molecular weight is 303 g/mol. The van der Waals surface area contributed by atoms with Crippen LogP contribution in [-0.4, -0.2) is 22.5 Å². The van der Waals surface area contributed by atoms with Crippen LogP contribution < -0.4 is 0 Å². The van der Waals surface area contributed by atoms with Crippen LogP contribution in [0.25, 0.3) is 0 Å². The predicted octanol–water partition coefficient (Wildman–Crippen LogP) is 5.34. The summed E-state index contributed by atoms with van der Waals surface area (Å²) in [6.45, 7) is 18.4. The molecule has 1 aromatic rings. The van der Waals surface area contributed by atoms with E-state index in [0.29, 0.717) is 23.7 Å². The summed E-state index contributed by atoms with van der Waals surface area (Å²) in [5.74, 6) is 2.33. The molecule has 0 unspecified atom stereocenters. The quantitative estimate of drug-likeness (QED) is 0.801. The summed E-state index contributed by atoms with van der Waals surface area (Å²) in [5, 5.41) is 7.25. The van der Waals surface area contributed by atoms with Gasteiger partial charge in [0.15, 0.2) is 0 Å². The van der Waals surface area contributed by atoms with Crippen LogP contribution in [0.5, 0.6) is 0 Å². The van der Waals surface area contributed by atoms with Gasteiger partial charge in [0, 0.05) is 11.4 Å². The van der Waals surface area contributed by atoms with Gasteiger partial charge < -0.3 is 0 Å². The van der Waals surface area contributed by atoms with E-state index in [0.717, 1.165) is 12.2 Å². The standard InChI is InChI=1S/C10H17N.C9H16N2/c1-7(2)9-5-10(8(3)4)11-6-9;1-6(2)8-5-9(7(3)4)11-10-8/h5,7-8H,6H2,1-4H3;5-7H,1-4H3,(H,10,11). The largest absolute Gasteiger partial charge is 0.285 e. The summed E-state index contributed by atoms with van der Waals surface area (Å²) in [7, 11) is 0. The highest BCUT2D eigenvalue weighted by molar-refractivity contribution is 5.98. The highest BCUT2D eigenvalue weighted by atomic mass is 15.1. The van der Waals surface area contributed by atoms with Gasteiger partial charge in [0.25, 0.3) is 0 Å².